The summed E-state index contributed by atoms with van der Waals surface area (Å²) in [7, 11) is 0. The molecular weight excluding hydrogens is 320 g/mol. The molecule has 1 fully saturated rings. The highest BCUT2D eigenvalue weighted by molar-refractivity contribution is 6.30. The van der Waals surface area contributed by atoms with E-state index in [1.54, 1.807) is 0 Å². The lowest BCUT2D eigenvalue weighted by atomic mass is 9.75. The number of benzene rings is 2. The number of halogens is 1. The van der Waals surface area contributed by atoms with Gasteiger partial charge in [-0.3, -0.25) is 4.79 Å². The Morgan fingerprint density at radius 2 is 1.83 bits per heavy atom. The second-order valence-corrected chi connectivity index (χ2v) is 7.36. The molecule has 1 saturated heterocycles. The molecule has 122 valence electrons. The third kappa shape index (κ3) is 2.01. The molecule has 4 heteroatoms. The number of fused-ring (bicyclic) bond motifs is 3. The van der Waals surface area contributed by atoms with Crippen molar-refractivity contribution in [3.63, 3.8) is 0 Å². The van der Waals surface area contributed by atoms with Gasteiger partial charge in [0.1, 0.15) is 5.66 Å². The molecule has 2 aromatic rings. The van der Waals surface area contributed by atoms with Crippen molar-refractivity contribution in [2.45, 2.75) is 24.9 Å². The van der Waals surface area contributed by atoms with Crippen molar-refractivity contribution in [1.82, 2.24) is 5.32 Å². The van der Waals surface area contributed by atoms with Crippen LogP contribution in [0.25, 0.3) is 6.08 Å². The minimum atomic E-state index is -0.548. The number of nitrogens with zero attached hydrogens (tertiary/aromatic N) is 1. The summed E-state index contributed by atoms with van der Waals surface area (Å²) >= 11 is 5.96. The number of nitrogens with one attached hydrogen (secondary N) is 1. The van der Waals surface area contributed by atoms with E-state index in [0.717, 1.165) is 16.3 Å². The van der Waals surface area contributed by atoms with E-state index < -0.39 is 5.66 Å². The van der Waals surface area contributed by atoms with E-state index in [2.05, 4.69) is 54.4 Å². The molecule has 0 aromatic heterocycles. The first-order valence-corrected chi connectivity index (χ1v) is 8.45. The van der Waals surface area contributed by atoms with Gasteiger partial charge in [0.05, 0.1) is 6.54 Å². The summed E-state index contributed by atoms with van der Waals surface area (Å²) in [6.45, 7) is 4.75. The Morgan fingerprint density at radius 1 is 1.12 bits per heavy atom. The van der Waals surface area contributed by atoms with Crippen molar-refractivity contribution >= 4 is 29.3 Å². The van der Waals surface area contributed by atoms with Crippen LogP contribution >= 0.6 is 11.6 Å². The SMILES string of the molecule is CC1(C)c2ccccc2N2CC(=O)NC21/C=C/c1ccc(Cl)cc1. The molecule has 3 nitrogen and oxygen atoms in total. The topological polar surface area (TPSA) is 32.3 Å². The first-order valence-electron chi connectivity index (χ1n) is 8.07. The second-order valence-electron chi connectivity index (χ2n) is 6.93. The number of hydrogen-bond donors (Lipinski definition) is 1. The first kappa shape index (κ1) is 15.3. The normalized spacial score (nSPS) is 24.1. The van der Waals surface area contributed by atoms with Crippen molar-refractivity contribution in [2.75, 3.05) is 11.4 Å². The number of carbonyl (C=O) groups excluding carboxylic acids is 1. The number of hydrogen-bond acceptors (Lipinski definition) is 2. The molecule has 1 unspecified atom stereocenters. The Morgan fingerprint density at radius 3 is 2.58 bits per heavy atom. The Bertz CT molecular complexity index is 841. The Kier molecular flexibility index (Phi) is 3.26. The Hall–Kier alpha value is -2.26. The highest BCUT2D eigenvalue weighted by atomic mass is 35.5. The molecule has 2 aromatic carbocycles. The molecule has 0 radical (unpaired) electrons. The van der Waals surface area contributed by atoms with Gasteiger partial charge in [-0.1, -0.05) is 61.9 Å². The van der Waals surface area contributed by atoms with Crippen LogP contribution in [0.3, 0.4) is 0 Å². The molecule has 1 amide bonds. The van der Waals surface area contributed by atoms with Crippen LogP contribution in [0.2, 0.25) is 5.02 Å². The zero-order valence-electron chi connectivity index (χ0n) is 13.7. The van der Waals surface area contributed by atoms with Crippen LogP contribution in [0.5, 0.6) is 0 Å². The zero-order chi connectivity index (χ0) is 16.9. The van der Waals surface area contributed by atoms with E-state index in [1.165, 1.54) is 5.56 Å². The van der Waals surface area contributed by atoms with Gasteiger partial charge in [-0.05, 0) is 35.4 Å². The lowest BCUT2D eigenvalue weighted by molar-refractivity contribution is -0.118. The van der Waals surface area contributed by atoms with Crippen LogP contribution in [0.1, 0.15) is 25.0 Å². The van der Waals surface area contributed by atoms with Crippen LogP contribution in [0.15, 0.2) is 54.6 Å². The summed E-state index contributed by atoms with van der Waals surface area (Å²) < 4.78 is 0. The summed E-state index contributed by atoms with van der Waals surface area (Å²) in [6.07, 6.45) is 4.17. The molecule has 0 aliphatic carbocycles. The number of carbonyl (C=O) groups is 1. The average molecular weight is 339 g/mol. The molecule has 0 bridgehead atoms. The highest BCUT2D eigenvalue weighted by Crippen LogP contribution is 2.52. The fraction of sp³-hybridized carbons (Fsp3) is 0.250. The third-order valence-corrected chi connectivity index (χ3v) is 5.52. The highest BCUT2D eigenvalue weighted by Gasteiger charge is 2.59. The summed E-state index contributed by atoms with van der Waals surface area (Å²) in [5.74, 6) is 0.0540. The smallest absolute Gasteiger partial charge is 0.241 e. The largest absolute Gasteiger partial charge is 0.335 e. The summed E-state index contributed by atoms with van der Waals surface area (Å²) in [5.41, 5.74) is 2.65. The molecule has 0 saturated carbocycles. The van der Waals surface area contributed by atoms with E-state index in [0.29, 0.717) is 6.54 Å². The van der Waals surface area contributed by atoms with Gasteiger partial charge in [-0.2, -0.15) is 0 Å². The Balaban J connectivity index is 1.82. The maximum atomic E-state index is 12.2. The van der Waals surface area contributed by atoms with Gasteiger partial charge < -0.3 is 10.2 Å². The fourth-order valence-electron chi connectivity index (χ4n) is 3.93. The molecule has 2 aliphatic rings. The van der Waals surface area contributed by atoms with E-state index in [4.69, 9.17) is 11.6 Å². The van der Waals surface area contributed by atoms with E-state index in [1.807, 2.05) is 30.3 Å². The minimum absolute atomic E-state index is 0.0540. The van der Waals surface area contributed by atoms with E-state index in [-0.39, 0.29) is 11.3 Å². The van der Waals surface area contributed by atoms with Gasteiger partial charge in [0, 0.05) is 16.1 Å². The quantitative estimate of drug-likeness (QED) is 0.898. The van der Waals surface area contributed by atoms with Crippen LogP contribution in [0.4, 0.5) is 5.69 Å². The molecular formula is C20H19ClN2O. The molecule has 2 heterocycles. The van der Waals surface area contributed by atoms with Gasteiger partial charge in [0.15, 0.2) is 0 Å². The zero-order valence-corrected chi connectivity index (χ0v) is 14.5. The van der Waals surface area contributed by atoms with Gasteiger partial charge in [-0.25, -0.2) is 0 Å². The predicted molar refractivity (Wildman–Crippen MR) is 98.2 cm³/mol. The number of para-hydroxylation sites is 1. The van der Waals surface area contributed by atoms with Gasteiger partial charge in [-0.15, -0.1) is 0 Å². The number of amides is 1. The monoisotopic (exact) mass is 338 g/mol. The van der Waals surface area contributed by atoms with Crippen molar-refractivity contribution in [2.24, 2.45) is 0 Å². The van der Waals surface area contributed by atoms with E-state index >= 15 is 0 Å². The predicted octanol–water partition coefficient (Wildman–Crippen LogP) is 3.98. The van der Waals surface area contributed by atoms with Gasteiger partial charge >= 0.3 is 0 Å². The van der Waals surface area contributed by atoms with Crippen LogP contribution < -0.4 is 10.2 Å². The molecule has 1 atom stereocenters. The van der Waals surface area contributed by atoms with Crippen molar-refractivity contribution in [3.05, 3.63) is 70.8 Å². The molecule has 2 aliphatic heterocycles. The second kappa shape index (κ2) is 5.12. The average Bonchev–Trinajstić information content (AvgIpc) is 2.99. The minimum Gasteiger partial charge on any atom is -0.335 e. The molecule has 1 N–H and O–H groups in total. The lowest BCUT2D eigenvalue weighted by Gasteiger charge is -2.40. The fourth-order valence-corrected chi connectivity index (χ4v) is 4.06. The van der Waals surface area contributed by atoms with Gasteiger partial charge in [0.25, 0.3) is 0 Å². The van der Waals surface area contributed by atoms with Crippen LogP contribution in [-0.2, 0) is 10.2 Å². The standard InChI is InChI=1S/C20H19ClN2O/c1-19(2)16-5-3-4-6-17(16)23-13-18(24)22-20(19,23)12-11-14-7-9-15(21)10-8-14/h3-12H,13H2,1-2H3,(H,22,24)/b12-11+. The van der Waals surface area contributed by atoms with Crippen molar-refractivity contribution in [3.8, 4) is 0 Å². The third-order valence-electron chi connectivity index (χ3n) is 5.27. The summed E-state index contributed by atoms with van der Waals surface area (Å²) in [6, 6.07) is 16.0. The first-order chi connectivity index (χ1) is 11.4. The number of anilines is 1. The molecule has 0 spiro atoms. The van der Waals surface area contributed by atoms with Crippen molar-refractivity contribution < 1.29 is 4.79 Å². The van der Waals surface area contributed by atoms with E-state index in [9.17, 15) is 4.79 Å². The van der Waals surface area contributed by atoms with Crippen LogP contribution in [-0.4, -0.2) is 18.1 Å². The molecule has 4 rings (SSSR count). The maximum absolute atomic E-state index is 12.2. The van der Waals surface area contributed by atoms with Gasteiger partial charge in [0.2, 0.25) is 5.91 Å². The maximum Gasteiger partial charge on any atom is 0.241 e. The Labute approximate surface area is 146 Å². The number of rotatable bonds is 2. The lowest BCUT2D eigenvalue weighted by Crippen LogP contribution is -2.58. The summed E-state index contributed by atoms with van der Waals surface area (Å²) in [5, 5.41) is 3.94. The molecule has 24 heavy (non-hydrogen) atoms. The van der Waals surface area contributed by atoms with Crippen molar-refractivity contribution in [1.29, 1.82) is 0 Å². The van der Waals surface area contributed by atoms with Crippen LogP contribution in [0, 0.1) is 0 Å². The summed E-state index contributed by atoms with van der Waals surface area (Å²) in [4.78, 5) is 14.4.